The molecule has 0 unspecified atom stereocenters. The highest BCUT2D eigenvalue weighted by Gasteiger charge is 2.13. The van der Waals surface area contributed by atoms with Gasteiger partial charge in [0.05, 0.1) is 12.8 Å². The molecule has 1 aromatic heterocycles. The highest BCUT2D eigenvalue weighted by Crippen LogP contribution is 2.26. The number of anilines is 3. The van der Waals surface area contributed by atoms with Crippen LogP contribution in [0.5, 0.6) is 5.75 Å². The first-order valence-electron chi connectivity index (χ1n) is 9.31. The summed E-state index contributed by atoms with van der Waals surface area (Å²) in [4.78, 5) is 21.3. The van der Waals surface area contributed by atoms with E-state index in [1.54, 1.807) is 31.5 Å². The van der Waals surface area contributed by atoms with E-state index < -0.39 is 0 Å². The van der Waals surface area contributed by atoms with Gasteiger partial charge in [0, 0.05) is 11.9 Å². The normalized spacial score (nSPS) is 10.4. The van der Waals surface area contributed by atoms with Crippen molar-refractivity contribution >= 4 is 23.2 Å². The molecule has 0 fully saturated rings. The maximum atomic E-state index is 12.6. The zero-order valence-corrected chi connectivity index (χ0v) is 16.3. The number of aromatic nitrogens is 2. The zero-order chi connectivity index (χ0) is 19.9. The average Bonchev–Trinajstić information content (AvgIpc) is 2.74. The van der Waals surface area contributed by atoms with Crippen molar-refractivity contribution in [3.63, 3.8) is 0 Å². The molecule has 144 valence electrons. The molecule has 0 aliphatic heterocycles. The van der Waals surface area contributed by atoms with Gasteiger partial charge in [-0.15, -0.1) is 0 Å². The minimum atomic E-state index is -0.325. The largest absolute Gasteiger partial charge is 0.495 e. The lowest BCUT2D eigenvalue weighted by molar-refractivity contribution is 0.102. The monoisotopic (exact) mass is 376 g/mol. The fourth-order valence-electron chi connectivity index (χ4n) is 2.99. The molecule has 0 saturated carbocycles. The average molecular weight is 376 g/mol. The number of hydrogen-bond donors (Lipinski definition) is 2. The number of hydrogen-bond acceptors (Lipinski definition) is 5. The van der Waals surface area contributed by atoms with E-state index in [4.69, 9.17) is 4.74 Å². The van der Waals surface area contributed by atoms with Crippen LogP contribution in [0.15, 0.2) is 54.7 Å². The van der Waals surface area contributed by atoms with E-state index in [0.717, 1.165) is 18.5 Å². The quantitative estimate of drug-likeness (QED) is 0.630. The molecular formula is C22H24N4O2. The van der Waals surface area contributed by atoms with E-state index in [0.29, 0.717) is 17.4 Å². The number of aryl methyl sites for hydroxylation is 2. The van der Waals surface area contributed by atoms with E-state index in [-0.39, 0.29) is 11.6 Å². The highest BCUT2D eigenvalue weighted by atomic mass is 16.5. The molecule has 0 bridgehead atoms. The van der Waals surface area contributed by atoms with Crippen LogP contribution in [0.2, 0.25) is 0 Å². The zero-order valence-electron chi connectivity index (χ0n) is 16.3. The van der Waals surface area contributed by atoms with Crippen molar-refractivity contribution < 1.29 is 9.53 Å². The van der Waals surface area contributed by atoms with Crippen molar-refractivity contribution in [2.45, 2.75) is 26.7 Å². The third-order valence-corrected chi connectivity index (χ3v) is 4.48. The summed E-state index contributed by atoms with van der Waals surface area (Å²) in [5.41, 5.74) is 4.25. The SMILES string of the molecule is CCc1cccc(CC)c1Nc1nccc(C(=O)Nc2ccccc2OC)n1. The van der Waals surface area contributed by atoms with Crippen molar-refractivity contribution in [2.24, 2.45) is 0 Å². The van der Waals surface area contributed by atoms with Crippen LogP contribution in [0.25, 0.3) is 0 Å². The first-order chi connectivity index (χ1) is 13.7. The molecule has 28 heavy (non-hydrogen) atoms. The van der Waals surface area contributed by atoms with Gasteiger partial charge in [-0.1, -0.05) is 44.2 Å². The molecule has 6 nitrogen and oxygen atoms in total. The summed E-state index contributed by atoms with van der Waals surface area (Å²) >= 11 is 0. The topological polar surface area (TPSA) is 76.1 Å². The maximum absolute atomic E-state index is 12.6. The van der Waals surface area contributed by atoms with Crippen LogP contribution in [-0.2, 0) is 12.8 Å². The lowest BCUT2D eigenvalue weighted by atomic mass is 10.0. The van der Waals surface area contributed by atoms with E-state index in [1.807, 2.05) is 12.1 Å². The number of carbonyl (C=O) groups excluding carboxylic acids is 1. The molecule has 0 aliphatic carbocycles. The number of amides is 1. The van der Waals surface area contributed by atoms with Crippen molar-refractivity contribution in [2.75, 3.05) is 17.7 Å². The summed E-state index contributed by atoms with van der Waals surface area (Å²) in [6, 6.07) is 15.1. The van der Waals surface area contributed by atoms with E-state index >= 15 is 0 Å². The van der Waals surface area contributed by atoms with Gasteiger partial charge in [0.1, 0.15) is 11.4 Å². The fourth-order valence-corrected chi connectivity index (χ4v) is 2.99. The number of ether oxygens (including phenoxy) is 1. The lowest BCUT2D eigenvalue weighted by Crippen LogP contribution is -2.15. The molecule has 1 heterocycles. The Kier molecular flexibility index (Phi) is 6.22. The van der Waals surface area contributed by atoms with Gasteiger partial charge in [-0.05, 0) is 42.2 Å². The molecule has 3 rings (SSSR count). The predicted octanol–water partition coefficient (Wildman–Crippen LogP) is 4.61. The summed E-state index contributed by atoms with van der Waals surface area (Å²) in [7, 11) is 1.56. The van der Waals surface area contributed by atoms with Crippen molar-refractivity contribution in [1.82, 2.24) is 9.97 Å². The summed E-state index contributed by atoms with van der Waals surface area (Å²) in [6.07, 6.45) is 3.36. The molecule has 0 atom stereocenters. The van der Waals surface area contributed by atoms with Gasteiger partial charge in [0.25, 0.3) is 5.91 Å². The third kappa shape index (κ3) is 4.28. The van der Waals surface area contributed by atoms with Crippen LogP contribution < -0.4 is 15.4 Å². The Morgan fingerprint density at radius 3 is 2.39 bits per heavy atom. The number of nitrogens with zero attached hydrogens (tertiary/aromatic N) is 2. The number of para-hydroxylation sites is 3. The molecule has 2 N–H and O–H groups in total. The second-order valence-electron chi connectivity index (χ2n) is 6.20. The second-order valence-corrected chi connectivity index (χ2v) is 6.20. The van der Waals surface area contributed by atoms with Crippen LogP contribution in [0.4, 0.5) is 17.3 Å². The van der Waals surface area contributed by atoms with Crippen LogP contribution >= 0.6 is 0 Å². The number of nitrogens with one attached hydrogen (secondary N) is 2. The second kappa shape index (κ2) is 8.99. The molecule has 6 heteroatoms. The molecule has 0 radical (unpaired) electrons. The Bertz CT molecular complexity index is 950. The number of carbonyl (C=O) groups is 1. The maximum Gasteiger partial charge on any atom is 0.274 e. The predicted molar refractivity (Wildman–Crippen MR) is 111 cm³/mol. The molecule has 2 aromatic carbocycles. The van der Waals surface area contributed by atoms with Crippen LogP contribution in [0.1, 0.15) is 35.5 Å². The summed E-state index contributed by atoms with van der Waals surface area (Å²) in [5, 5.41) is 6.13. The fraction of sp³-hybridized carbons (Fsp3) is 0.227. The first kappa shape index (κ1) is 19.4. The van der Waals surface area contributed by atoms with Gasteiger partial charge in [-0.2, -0.15) is 0 Å². The van der Waals surface area contributed by atoms with Gasteiger partial charge in [0.2, 0.25) is 5.95 Å². The van der Waals surface area contributed by atoms with Crippen LogP contribution in [0, 0.1) is 0 Å². The summed E-state index contributed by atoms with van der Waals surface area (Å²) in [6.45, 7) is 4.22. The minimum absolute atomic E-state index is 0.274. The lowest BCUT2D eigenvalue weighted by Gasteiger charge is -2.14. The molecule has 0 saturated heterocycles. The third-order valence-electron chi connectivity index (χ3n) is 4.48. The van der Waals surface area contributed by atoms with E-state index in [9.17, 15) is 4.79 Å². The summed E-state index contributed by atoms with van der Waals surface area (Å²) < 4.78 is 5.28. The van der Waals surface area contributed by atoms with Crippen LogP contribution in [-0.4, -0.2) is 23.0 Å². The van der Waals surface area contributed by atoms with Crippen molar-refractivity contribution in [1.29, 1.82) is 0 Å². The molecule has 0 aliphatic rings. The van der Waals surface area contributed by atoms with Crippen molar-refractivity contribution in [3.05, 3.63) is 71.5 Å². The molecule has 0 spiro atoms. The minimum Gasteiger partial charge on any atom is -0.495 e. The Morgan fingerprint density at radius 1 is 1.00 bits per heavy atom. The molecular weight excluding hydrogens is 352 g/mol. The molecule has 3 aromatic rings. The Morgan fingerprint density at radius 2 is 1.71 bits per heavy atom. The number of methoxy groups -OCH3 is 1. The first-order valence-corrected chi connectivity index (χ1v) is 9.31. The highest BCUT2D eigenvalue weighted by molar-refractivity contribution is 6.03. The Balaban J connectivity index is 1.84. The van der Waals surface area contributed by atoms with Crippen LogP contribution in [0.3, 0.4) is 0 Å². The molecule has 1 amide bonds. The van der Waals surface area contributed by atoms with Gasteiger partial charge in [-0.25, -0.2) is 9.97 Å². The summed E-state index contributed by atoms with van der Waals surface area (Å²) in [5.74, 6) is 0.658. The van der Waals surface area contributed by atoms with Gasteiger partial charge < -0.3 is 15.4 Å². The smallest absolute Gasteiger partial charge is 0.274 e. The number of rotatable bonds is 7. The standard InChI is InChI=1S/C22H24N4O2/c1-4-15-9-8-10-16(5-2)20(15)26-22-23-14-13-18(25-22)21(27)24-17-11-6-7-12-19(17)28-3/h6-14H,4-5H2,1-3H3,(H,24,27)(H,23,25,26). The Hall–Kier alpha value is -3.41. The van der Waals surface area contributed by atoms with Gasteiger partial charge in [-0.3, -0.25) is 4.79 Å². The van der Waals surface area contributed by atoms with Gasteiger partial charge >= 0.3 is 0 Å². The van der Waals surface area contributed by atoms with Gasteiger partial charge in [0.15, 0.2) is 0 Å². The van der Waals surface area contributed by atoms with Crippen molar-refractivity contribution in [3.8, 4) is 5.75 Å². The number of benzene rings is 2. The van der Waals surface area contributed by atoms with E-state index in [2.05, 4.69) is 52.6 Å². The van der Waals surface area contributed by atoms with E-state index in [1.165, 1.54) is 11.1 Å². The Labute approximate surface area is 165 Å².